The van der Waals surface area contributed by atoms with Crippen molar-refractivity contribution in [2.45, 2.75) is 5.66 Å². The lowest BCUT2D eigenvalue weighted by Crippen LogP contribution is -2.72. The van der Waals surface area contributed by atoms with Gasteiger partial charge in [-0.1, -0.05) is 30.3 Å². The maximum absolute atomic E-state index is 6.77. The summed E-state index contributed by atoms with van der Waals surface area (Å²) >= 11 is 0. The number of aromatic nitrogens is 4. The van der Waals surface area contributed by atoms with Crippen LogP contribution in [0, 0.1) is 0 Å². The highest BCUT2D eigenvalue weighted by molar-refractivity contribution is 6.17. The number of para-hydroxylation sites is 1. The molecule has 0 saturated heterocycles. The molecule has 0 radical (unpaired) electrons. The van der Waals surface area contributed by atoms with Gasteiger partial charge in [-0.2, -0.15) is 9.13 Å². The van der Waals surface area contributed by atoms with Crippen LogP contribution in [0.2, 0.25) is 0 Å². The molecule has 3 aliphatic rings. The van der Waals surface area contributed by atoms with Crippen LogP contribution in [0.1, 0.15) is 11.1 Å². The van der Waals surface area contributed by atoms with E-state index >= 15 is 0 Å². The molecule has 37 heavy (non-hydrogen) atoms. The van der Waals surface area contributed by atoms with Crippen molar-refractivity contribution in [3.63, 3.8) is 0 Å². The number of pyridine rings is 2. The number of ether oxygens (including phenoxy) is 1. The number of aryl methyl sites for hydroxylation is 1. The Morgan fingerprint density at radius 3 is 2.46 bits per heavy atom. The summed E-state index contributed by atoms with van der Waals surface area (Å²) in [5.74, 6) is 1.89. The van der Waals surface area contributed by atoms with E-state index in [4.69, 9.17) is 4.74 Å². The van der Waals surface area contributed by atoms with Crippen LogP contribution in [0.3, 0.4) is 0 Å². The Labute approximate surface area is 209 Å². The first-order valence-electron chi connectivity index (χ1n) is 12.8. The summed E-state index contributed by atoms with van der Waals surface area (Å²) < 4.78 is 16.7. The van der Waals surface area contributed by atoms with Crippen molar-refractivity contribution in [1.29, 1.82) is 0 Å². The third kappa shape index (κ3) is 1.51. The highest BCUT2D eigenvalue weighted by Gasteiger charge is 2.67. The van der Waals surface area contributed by atoms with Crippen molar-refractivity contribution in [2.75, 3.05) is 0 Å². The smallest absolute Gasteiger partial charge is 0.354 e. The summed E-state index contributed by atoms with van der Waals surface area (Å²) in [7, 11) is 2.17. The van der Waals surface area contributed by atoms with Crippen molar-refractivity contribution in [3.05, 3.63) is 102 Å². The normalized spacial score (nSPS) is 18.2. The predicted molar refractivity (Wildman–Crippen MR) is 142 cm³/mol. The monoisotopic (exact) mass is 474 g/mol. The van der Waals surface area contributed by atoms with Crippen LogP contribution in [0.25, 0.3) is 60.2 Å². The van der Waals surface area contributed by atoms with Gasteiger partial charge >= 0.3 is 5.66 Å². The zero-order valence-electron chi connectivity index (χ0n) is 19.9. The van der Waals surface area contributed by atoms with Gasteiger partial charge in [-0.25, -0.2) is 4.40 Å². The molecule has 1 atom stereocenters. The van der Waals surface area contributed by atoms with Crippen LogP contribution in [0.5, 0.6) is 11.5 Å². The topological polar surface area (TPSA) is 26.3 Å². The second kappa shape index (κ2) is 5.13. The van der Waals surface area contributed by atoms with Crippen LogP contribution in [-0.4, -0.2) is 8.97 Å². The largest absolute Gasteiger partial charge is 0.456 e. The zero-order chi connectivity index (χ0) is 23.8. The van der Waals surface area contributed by atoms with Crippen molar-refractivity contribution in [2.24, 2.45) is 7.05 Å². The van der Waals surface area contributed by atoms with Gasteiger partial charge in [0.1, 0.15) is 28.1 Å². The van der Waals surface area contributed by atoms with Gasteiger partial charge in [0.05, 0.1) is 24.0 Å². The Hall–Kier alpha value is -4.90. The van der Waals surface area contributed by atoms with Gasteiger partial charge in [-0.05, 0) is 41.8 Å². The van der Waals surface area contributed by atoms with Gasteiger partial charge in [0.25, 0.3) is 5.65 Å². The van der Waals surface area contributed by atoms with Crippen LogP contribution in [-0.2, 0) is 12.7 Å². The Bertz CT molecular complexity index is 2460. The summed E-state index contributed by atoms with van der Waals surface area (Å²) in [6, 6.07) is 28.8. The average molecular weight is 475 g/mol. The third-order valence-corrected chi connectivity index (χ3v) is 9.21. The summed E-state index contributed by atoms with van der Waals surface area (Å²) in [6.45, 7) is 0. The van der Waals surface area contributed by atoms with Gasteiger partial charge in [0.2, 0.25) is 11.2 Å². The zero-order valence-corrected chi connectivity index (χ0v) is 19.9. The number of rotatable bonds is 0. The molecular formula is C32H18N4O+2. The molecule has 1 spiro atoms. The fourth-order valence-electron chi connectivity index (χ4n) is 8.03. The lowest BCUT2D eigenvalue weighted by atomic mass is 9.85. The Balaban J connectivity index is 1.57. The van der Waals surface area contributed by atoms with E-state index in [-0.39, 0.29) is 0 Å². The molecule has 5 nitrogen and oxygen atoms in total. The lowest BCUT2D eigenvalue weighted by Gasteiger charge is -2.29. The molecule has 0 amide bonds. The third-order valence-electron chi connectivity index (χ3n) is 9.21. The summed E-state index contributed by atoms with van der Waals surface area (Å²) in [4.78, 5) is 0. The molecule has 11 rings (SSSR count). The van der Waals surface area contributed by atoms with Crippen LogP contribution < -0.4 is 13.9 Å². The SMILES string of the molecule is Cn1ccc2c1[n+]1c3c4c5c(ccc4c4ccccc4n23)Oc2ccc3ccc4ccc[n+]6c4c3c2C561. The molecular weight excluding hydrogens is 456 g/mol. The highest BCUT2D eigenvalue weighted by Crippen LogP contribution is 2.57. The molecule has 170 valence electrons. The number of imidazole rings is 1. The molecule has 4 aromatic heterocycles. The standard InChI is InChI=1S/C32H18N4O/c1-33-16-14-22-30(33)36-31-26-20(19-6-2-3-7-21(19)35(22)31)11-13-24-28(26)32(36)27-23(37-24)12-10-17-8-9-18-5-4-15-34(32)29(18)25(17)27/h2-16H,1H3/q+2. The maximum Gasteiger partial charge on any atom is 0.354 e. The average Bonchev–Trinajstić information content (AvgIpc) is 3.65. The molecule has 0 bridgehead atoms. The number of hydrogen-bond donors (Lipinski definition) is 0. The molecule has 7 heterocycles. The van der Waals surface area contributed by atoms with E-state index in [0.717, 1.165) is 11.5 Å². The second-order valence-electron chi connectivity index (χ2n) is 10.7. The van der Waals surface area contributed by atoms with Gasteiger partial charge in [-0.3, -0.25) is 4.57 Å². The molecule has 4 aromatic carbocycles. The van der Waals surface area contributed by atoms with Gasteiger partial charge in [-0.15, -0.1) is 0 Å². The van der Waals surface area contributed by atoms with E-state index in [1.807, 2.05) is 0 Å². The van der Waals surface area contributed by atoms with Crippen LogP contribution in [0.15, 0.2) is 91.3 Å². The second-order valence-corrected chi connectivity index (χ2v) is 10.7. The molecule has 0 saturated carbocycles. The molecule has 0 N–H and O–H groups in total. The van der Waals surface area contributed by atoms with Crippen LogP contribution >= 0.6 is 0 Å². The first-order valence-corrected chi connectivity index (χ1v) is 12.8. The predicted octanol–water partition coefficient (Wildman–Crippen LogP) is 5.65. The summed E-state index contributed by atoms with van der Waals surface area (Å²) in [5, 5.41) is 7.62. The van der Waals surface area contributed by atoms with Crippen molar-refractivity contribution >= 4 is 60.2 Å². The van der Waals surface area contributed by atoms with Crippen molar-refractivity contribution < 1.29 is 13.9 Å². The van der Waals surface area contributed by atoms with E-state index in [0.29, 0.717) is 0 Å². The number of benzene rings is 4. The first-order chi connectivity index (χ1) is 18.3. The molecule has 8 aromatic rings. The van der Waals surface area contributed by atoms with E-state index in [1.54, 1.807) is 0 Å². The summed E-state index contributed by atoms with van der Waals surface area (Å²) in [5.41, 5.74) is 8.11. The molecule has 5 heteroatoms. The highest BCUT2D eigenvalue weighted by atomic mass is 16.5. The van der Waals surface area contributed by atoms with Gasteiger partial charge in [0.15, 0.2) is 11.7 Å². The molecule has 1 unspecified atom stereocenters. The Morgan fingerprint density at radius 1 is 0.703 bits per heavy atom. The van der Waals surface area contributed by atoms with Crippen LogP contribution in [0.4, 0.5) is 0 Å². The Morgan fingerprint density at radius 2 is 1.51 bits per heavy atom. The lowest BCUT2D eigenvalue weighted by molar-refractivity contribution is -0.935. The summed E-state index contributed by atoms with van der Waals surface area (Å²) in [6.07, 6.45) is 4.46. The van der Waals surface area contributed by atoms with E-state index in [9.17, 15) is 0 Å². The van der Waals surface area contributed by atoms with E-state index in [2.05, 4.69) is 116 Å². The fraction of sp³-hybridized carbons (Fsp3) is 0.0625. The number of nitrogens with zero attached hydrogens (tertiary/aromatic N) is 4. The number of hydrogen-bond acceptors (Lipinski definition) is 1. The first kappa shape index (κ1) is 17.5. The quantitative estimate of drug-likeness (QED) is 0.206. The molecule has 0 fully saturated rings. The van der Waals surface area contributed by atoms with E-state index in [1.165, 1.54) is 71.3 Å². The Kier molecular flexibility index (Phi) is 2.43. The fourth-order valence-corrected chi connectivity index (χ4v) is 8.03. The van der Waals surface area contributed by atoms with Crippen molar-refractivity contribution in [3.8, 4) is 11.5 Å². The minimum Gasteiger partial charge on any atom is -0.456 e. The minimum absolute atomic E-state index is 0.566. The maximum atomic E-state index is 6.77. The van der Waals surface area contributed by atoms with Crippen molar-refractivity contribution in [1.82, 2.24) is 8.97 Å². The molecule has 3 aliphatic heterocycles. The van der Waals surface area contributed by atoms with Gasteiger partial charge < -0.3 is 4.74 Å². The minimum atomic E-state index is -0.566. The van der Waals surface area contributed by atoms with Gasteiger partial charge in [0, 0.05) is 28.3 Å². The molecule has 0 aliphatic carbocycles. The number of fused-ring (bicyclic) bond motifs is 6. The van der Waals surface area contributed by atoms with E-state index < -0.39 is 5.66 Å².